The molecule has 0 saturated carbocycles. The van der Waals surface area contributed by atoms with Gasteiger partial charge in [-0.1, -0.05) is 17.7 Å². The minimum atomic E-state index is -0.0395. The van der Waals surface area contributed by atoms with E-state index >= 15 is 0 Å². The van der Waals surface area contributed by atoms with Gasteiger partial charge in [-0.15, -0.1) is 23.1 Å². The fourth-order valence-electron chi connectivity index (χ4n) is 3.30. The molecule has 1 amide bonds. The van der Waals surface area contributed by atoms with Crippen LogP contribution in [0.4, 0.5) is 5.69 Å². The Hall–Kier alpha value is -1.23. The van der Waals surface area contributed by atoms with Gasteiger partial charge in [0.05, 0.1) is 4.91 Å². The van der Waals surface area contributed by atoms with Crippen LogP contribution in [0.3, 0.4) is 0 Å². The summed E-state index contributed by atoms with van der Waals surface area (Å²) in [5, 5.41) is 3.68. The van der Waals surface area contributed by atoms with E-state index in [0.29, 0.717) is 5.02 Å². The molecule has 5 heteroatoms. The van der Waals surface area contributed by atoms with E-state index in [1.165, 1.54) is 41.0 Å². The number of fused-ring (bicyclic) bond motifs is 3. The number of nitrogens with one attached hydrogen (secondary N) is 1. The molecule has 0 saturated heterocycles. The predicted octanol–water partition coefficient (Wildman–Crippen LogP) is 5.82. The van der Waals surface area contributed by atoms with Gasteiger partial charge in [-0.25, -0.2) is 0 Å². The fourth-order valence-corrected chi connectivity index (χ4v) is 6.00. The maximum absolute atomic E-state index is 12.6. The monoisotopic (exact) mass is 375 g/mol. The molecule has 0 unspecified atom stereocenters. The Morgan fingerprint density at radius 1 is 1.21 bits per heavy atom. The summed E-state index contributed by atoms with van der Waals surface area (Å²) in [6.45, 7) is 1.92. The number of carbonyl (C=O) groups is 1. The van der Waals surface area contributed by atoms with Crippen molar-refractivity contribution in [2.45, 2.75) is 38.4 Å². The number of thiophene rings is 1. The van der Waals surface area contributed by atoms with Crippen LogP contribution in [0.2, 0.25) is 5.02 Å². The van der Waals surface area contributed by atoms with E-state index in [2.05, 4.69) is 11.4 Å². The zero-order valence-corrected chi connectivity index (χ0v) is 15.8. The second-order valence-corrected chi connectivity index (χ2v) is 8.78. The van der Waals surface area contributed by atoms with Gasteiger partial charge in [0.15, 0.2) is 0 Å². The Morgan fingerprint density at radius 2 is 2.04 bits per heavy atom. The normalized spacial score (nSPS) is 16.2. The highest BCUT2D eigenvalue weighted by Crippen LogP contribution is 2.42. The molecule has 1 aromatic carbocycles. The van der Waals surface area contributed by atoms with Crippen LogP contribution in [0, 0.1) is 6.92 Å². The molecule has 0 atom stereocenters. The van der Waals surface area contributed by atoms with Crippen LogP contribution >= 0.6 is 34.7 Å². The average molecular weight is 376 g/mol. The van der Waals surface area contributed by atoms with Crippen LogP contribution in [0.5, 0.6) is 0 Å². The van der Waals surface area contributed by atoms with Gasteiger partial charge in [0, 0.05) is 26.2 Å². The highest BCUT2D eigenvalue weighted by Gasteiger charge is 2.25. The standard InChI is InChI=1S/C19H18ClNOS2/c1-11-14(20)6-4-7-15(11)21-19(22)18-9-17-13(10-23-18)12-5-2-3-8-16(12)24-17/h4,6-7,9H,2-3,5,8,10H2,1H3,(H,21,22). The van der Waals surface area contributed by atoms with E-state index in [-0.39, 0.29) is 5.91 Å². The summed E-state index contributed by atoms with van der Waals surface area (Å²) in [6.07, 6.45) is 7.08. The third kappa shape index (κ3) is 2.92. The average Bonchev–Trinajstić information content (AvgIpc) is 2.96. The molecule has 2 heterocycles. The first-order chi connectivity index (χ1) is 11.6. The number of hydrogen-bond donors (Lipinski definition) is 1. The Bertz CT molecular complexity index is 853. The number of amides is 1. The summed E-state index contributed by atoms with van der Waals surface area (Å²) < 4.78 is 0. The Morgan fingerprint density at radius 3 is 2.92 bits per heavy atom. The molecule has 2 nitrogen and oxygen atoms in total. The van der Waals surface area contributed by atoms with Crippen molar-refractivity contribution in [2.24, 2.45) is 0 Å². The van der Waals surface area contributed by atoms with Crippen molar-refractivity contribution in [1.82, 2.24) is 0 Å². The summed E-state index contributed by atoms with van der Waals surface area (Å²) >= 11 is 9.66. The van der Waals surface area contributed by atoms with Gasteiger partial charge in [-0.05, 0) is 67.5 Å². The molecule has 2 aromatic rings. The first-order valence-electron chi connectivity index (χ1n) is 8.18. The van der Waals surface area contributed by atoms with Gasteiger partial charge in [0.25, 0.3) is 5.91 Å². The summed E-state index contributed by atoms with van der Waals surface area (Å²) in [4.78, 5) is 16.3. The van der Waals surface area contributed by atoms with E-state index in [0.717, 1.165) is 21.9 Å². The van der Waals surface area contributed by atoms with Gasteiger partial charge in [0.1, 0.15) is 0 Å². The molecule has 24 heavy (non-hydrogen) atoms. The summed E-state index contributed by atoms with van der Waals surface area (Å²) in [5.74, 6) is 0.872. The molecule has 1 aliphatic carbocycles. The molecule has 4 rings (SSSR count). The molecule has 1 aliphatic heterocycles. The SMILES string of the molecule is Cc1c(Cl)cccc1NC(=O)C1=Cc2sc3c(c2CS1)CCCC3. The molecular weight excluding hydrogens is 358 g/mol. The maximum Gasteiger partial charge on any atom is 0.262 e. The largest absolute Gasteiger partial charge is 0.321 e. The van der Waals surface area contributed by atoms with Crippen molar-refractivity contribution in [3.8, 4) is 0 Å². The Labute approximate surface area is 155 Å². The topological polar surface area (TPSA) is 29.1 Å². The minimum Gasteiger partial charge on any atom is -0.321 e. The highest BCUT2D eigenvalue weighted by atomic mass is 35.5. The number of rotatable bonds is 2. The third-order valence-electron chi connectivity index (χ3n) is 4.69. The number of aryl methyl sites for hydroxylation is 1. The molecule has 0 spiro atoms. The van der Waals surface area contributed by atoms with Crippen molar-refractivity contribution in [2.75, 3.05) is 5.32 Å². The number of hydrogen-bond acceptors (Lipinski definition) is 3. The Kier molecular flexibility index (Phi) is 4.46. The lowest BCUT2D eigenvalue weighted by atomic mass is 9.95. The highest BCUT2D eigenvalue weighted by molar-refractivity contribution is 8.03. The van der Waals surface area contributed by atoms with E-state index in [4.69, 9.17) is 11.6 Å². The van der Waals surface area contributed by atoms with Crippen LogP contribution < -0.4 is 5.32 Å². The van der Waals surface area contributed by atoms with Crippen LogP contribution in [0.15, 0.2) is 23.1 Å². The lowest BCUT2D eigenvalue weighted by molar-refractivity contribution is -0.112. The number of benzene rings is 1. The van der Waals surface area contributed by atoms with Crippen LogP contribution in [0.1, 0.15) is 39.3 Å². The van der Waals surface area contributed by atoms with Crippen molar-refractivity contribution in [3.05, 3.63) is 54.6 Å². The molecule has 2 aliphatic rings. The first-order valence-corrected chi connectivity index (χ1v) is 10.4. The summed E-state index contributed by atoms with van der Waals surface area (Å²) in [5.41, 5.74) is 4.72. The van der Waals surface area contributed by atoms with Gasteiger partial charge >= 0.3 is 0 Å². The number of halogens is 1. The molecule has 1 N–H and O–H groups in total. The molecular formula is C19H18ClNOS2. The van der Waals surface area contributed by atoms with Gasteiger partial charge < -0.3 is 5.32 Å². The third-order valence-corrected chi connectivity index (χ3v) is 7.42. The number of anilines is 1. The summed E-state index contributed by atoms with van der Waals surface area (Å²) in [7, 11) is 0. The van der Waals surface area contributed by atoms with Crippen molar-refractivity contribution in [1.29, 1.82) is 0 Å². The quantitative estimate of drug-likeness (QED) is 0.717. The fraction of sp³-hybridized carbons (Fsp3) is 0.316. The predicted molar refractivity (Wildman–Crippen MR) is 105 cm³/mol. The summed E-state index contributed by atoms with van der Waals surface area (Å²) in [6, 6.07) is 5.59. The van der Waals surface area contributed by atoms with Crippen LogP contribution in [-0.4, -0.2) is 5.91 Å². The lowest BCUT2D eigenvalue weighted by Crippen LogP contribution is -2.15. The van der Waals surface area contributed by atoms with Gasteiger partial charge in [-0.2, -0.15) is 0 Å². The van der Waals surface area contributed by atoms with Gasteiger partial charge in [-0.3, -0.25) is 4.79 Å². The molecule has 0 fully saturated rings. The van der Waals surface area contributed by atoms with E-state index < -0.39 is 0 Å². The molecule has 124 valence electrons. The number of carbonyl (C=O) groups excluding carboxylic acids is 1. The zero-order valence-electron chi connectivity index (χ0n) is 13.4. The minimum absolute atomic E-state index is 0.0395. The van der Waals surface area contributed by atoms with Crippen molar-refractivity contribution in [3.63, 3.8) is 0 Å². The van der Waals surface area contributed by atoms with Crippen molar-refractivity contribution < 1.29 is 4.79 Å². The zero-order chi connectivity index (χ0) is 16.7. The van der Waals surface area contributed by atoms with Crippen LogP contribution in [-0.2, 0) is 23.4 Å². The molecule has 1 aromatic heterocycles. The Balaban J connectivity index is 1.60. The number of thioether (sulfide) groups is 1. The molecule has 0 radical (unpaired) electrons. The smallest absolute Gasteiger partial charge is 0.262 e. The van der Waals surface area contributed by atoms with E-state index in [1.807, 2.05) is 36.5 Å². The maximum atomic E-state index is 12.6. The van der Waals surface area contributed by atoms with E-state index in [1.54, 1.807) is 17.3 Å². The molecule has 0 bridgehead atoms. The van der Waals surface area contributed by atoms with E-state index in [9.17, 15) is 4.79 Å². The van der Waals surface area contributed by atoms with Gasteiger partial charge in [0.2, 0.25) is 0 Å². The lowest BCUT2D eigenvalue weighted by Gasteiger charge is -2.17. The second kappa shape index (κ2) is 6.58. The second-order valence-electron chi connectivity index (χ2n) is 6.22. The van der Waals surface area contributed by atoms with Crippen LogP contribution in [0.25, 0.3) is 6.08 Å². The first kappa shape index (κ1) is 16.2. The van der Waals surface area contributed by atoms with Crippen molar-refractivity contribution >= 4 is 52.4 Å².